The summed E-state index contributed by atoms with van der Waals surface area (Å²) in [5, 5.41) is 14.9. The SMILES string of the molecule is Cl.c1cc(OCCCc2nn[nH]n2)cc(OCc2ccc3ccccc3n2)c1. The molecule has 0 saturated heterocycles. The van der Waals surface area contributed by atoms with Gasteiger partial charge < -0.3 is 9.47 Å². The lowest BCUT2D eigenvalue weighted by Crippen LogP contribution is -2.01. The number of hydrogen-bond acceptors (Lipinski definition) is 6. The molecular formula is C20H20ClN5O2. The van der Waals surface area contributed by atoms with E-state index in [1.54, 1.807) is 0 Å². The minimum atomic E-state index is 0. The highest BCUT2D eigenvalue weighted by molar-refractivity contribution is 5.85. The van der Waals surface area contributed by atoms with Gasteiger partial charge in [0.15, 0.2) is 5.82 Å². The summed E-state index contributed by atoms with van der Waals surface area (Å²) in [4.78, 5) is 4.62. The molecule has 0 unspecified atom stereocenters. The van der Waals surface area contributed by atoms with Gasteiger partial charge in [-0.2, -0.15) is 5.21 Å². The van der Waals surface area contributed by atoms with Crippen LogP contribution in [0.2, 0.25) is 0 Å². The van der Waals surface area contributed by atoms with Crippen molar-refractivity contribution in [2.75, 3.05) is 6.61 Å². The van der Waals surface area contributed by atoms with Crippen LogP contribution in [0.1, 0.15) is 17.9 Å². The zero-order chi connectivity index (χ0) is 18.3. The van der Waals surface area contributed by atoms with Gasteiger partial charge in [-0.15, -0.1) is 22.6 Å². The fourth-order valence-corrected chi connectivity index (χ4v) is 2.71. The first-order valence-corrected chi connectivity index (χ1v) is 8.79. The van der Waals surface area contributed by atoms with Crippen LogP contribution in [0.3, 0.4) is 0 Å². The Hall–Kier alpha value is -3.19. The van der Waals surface area contributed by atoms with Crippen LogP contribution >= 0.6 is 12.4 Å². The number of hydrogen-bond donors (Lipinski definition) is 1. The maximum atomic E-state index is 5.87. The monoisotopic (exact) mass is 397 g/mol. The number of aromatic amines is 1. The number of benzene rings is 2. The molecule has 0 aliphatic heterocycles. The second-order valence-electron chi connectivity index (χ2n) is 6.04. The summed E-state index contributed by atoms with van der Waals surface area (Å²) in [5.74, 6) is 2.21. The standard InChI is InChI=1S/C20H19N5O2.ClH/c1-2-8-19-15(5-1)10-11-16(21-19)14-27-18-7-3-6-17(13-18)26-12-4-9-20-22-24-25-23-20;/h1-3,5-8,10-11,13H,4,9,12,14H2,(H,22,23,24,25);1H. The Kier molecular flexibility index (Phi) is 6.75. The Morgan fingerprint density at radius 3 is 2.61 bits per heavy atom. The number of tetrazole rings is 1. The molecule has 144 valence electrons. The van der Waals surface area contributed by atoms with Gasteiger partial charge >= 0.3 is 0 Å². The first-order valence-electron chi connectivity index (χ1n) is 8.79. The van der Waals surface area contributed by atoms with Crippen molar-refractivity contribution in [3.63, 3.8) is 0 Å². The van der Waals surface area contributed by atoms with Gasteiger partial charge in [-0.25, -0.2) is 4.98 Å². The number of nitrogens with one attached hydrogen (secondary N) is 1. The van der Waals surface area contributed by atoms with Crippen molar-refractivity contribution < 1.29 is 9.47 Å². The molecular weight excluding hydrogens is 378 g/mol. The number of nitrogens with zero attached hydrogens (tertiary/aromatic N) is 4. The van der Waals surface area contributed by atoms with Crippen LogP contribution in [-0.4, -0.2) is 32.2 Å². The highest BCUT2D eigenvalue weighted by Gasteiger charge is 2.03. The summed E-state index contributed by atoms with van der Waals surface area (Å²) < 4.78 is 11.6. The van der Waals surface area contributed by atoms with Gasteiger partial charge in [0.25, 0.3) is 0 Å². The van der Waals surface area contributed by atoms with Crippen LogP contribution in [0.15, 0.2) is 60.7 Å². The topological polar surface area (TPSA) is 85.8 Å². The van der Waals surface area contributed by atoms with E-state index in [0.29, 0.717) is 19.0 Å². The highest BCUT2D eigenvalue weighted by atomic mass is 35.5. The molecule has 4 aromatic rings. The fraction of sp³-hybridized carbons (Fsp3) is 0.200. The predicted molar refractivity (Wildman–Crippen MR) is 108 cm³/mol. The number of rotatable bonds is 8. The number of H-pyrrole nitrogens is 1. The Balaban J connectivity index is 0.00000225. The summed E-state index contributed by atoms with van der Waals surface area (Å²) in [6.45, 7) is 0.982. The first-order chi connectivity index (χ1) is 13.4. The fourth-order valence-electron chi connectivity index (χ4n) is 2.71. The average Bonchev–Trinajstić information content (AvgIpc) is 3.23. The minimum Gasteiger partial charge on any atom is -0.493 e. The quantitative estimate of drug-likeness (QED) is 0.455. The molecule has 2 heterocycles. The normalized spacial score (nSPS) is 10.4. The maximum Gasteiger partial charge on any atom is 0.174 e. The van der Waals surface area contributed by atoms with E-state index in [4.69, 9.17) is 9.47 Å². The summed E-state index contributed by atoms with van der Waals surface area (Å²) in [5.41, 5.74) is 1.86. The first kappa shape index (κ1) is 19.6. The average molecular weight is 398 g/mol. The number of aryl methyl sites for hydroxylation is 1. The van der Waals surface area contributed by atoms with Crippen molar-refractivity contribution in [3.05, 3.63) is 72.2 Å². The van der Waals surface area contributed by atoms with E-state index < -0.39 is 0 Å². The van der Waals surface area contributed by atoms with E-state index in [9.17, 15) is 0 Å². The molecule has 1 N–H and O–H groups in total. The van der Waals surface area contributed by atoms with Crippen molar-refractivity contribution in [2.45, 2.75) is 19.4 Å². The second kappa shape index (κ2) is 9.66. The van der Waals surface area contributed by atoms with E-state index >= 15 is 0 Å². The van der Waals surface area contributed by atoms with Gasteiger partial charge in [-0.3, -0.25) is 0 Å². The van der Waals surface area contributed by atoms with E-state index in [1.807, 2.05) is 54.6 Å². The predicted octanol–water partition coefficient (Wildman–Crippen LogP) is 3.76. The van der Waals surface area contributed by atoms with Crippen molar-refractivity contribution in [1.29, 1.82) is 0 Å². The van der Waals surface area contributed by atoms with E-state index in [2.05, 4.69) is 31.7 Å². The van der Waals surface area contributed by atoms with Crippen molar-refractivity contribution in [1.82, 2.24) is 25.6 Å². The Labute approximate surface area is 168 Å². The molecule has 28 heavy (non-hydrogen) atoms. The molecule has 0 saturated carbocycles. The molecule has 2 aromatic carbocycles. The molecule has 0 bridgehead atoms. The molecule has 0 fully saturated rings. The lowest BCUT2D eigenvalue weighted by Gasteiger charge is -2.09. The third-order valence-electron chi connectivity index (χ3n) is 4.05. The van der Waals surface area contributed by atoms with E-state index in [1.165, 1.54) is 0 Å². The maximum absolute atomic E-state index is 5.87. The van der Waals surface area contributed by atoms with Crippen molar-refractivity contribution in [2.24, 2.45) is 0 Å². The summed E-state index contributed by atoms with van der Waals surface area (Å²) in [6, 6.07) is 19.7. The zero-order valence-corrected chi connectivity index (χ0v) is 15.9. The number of halogens is 1. The Morgan fingerprint density at radius 1 is 0.893 bits per heavy atom. The molecule has 2 aromatic heterocycles. The van der Waals surface area contributed by atoms with E-state index in [-0.39, 0.29) is 12.4 Å². The third-order valence-corrected chi connectivity index (χ3v) is 4.05. The minimum absolute atomic E-state index is 0. The second-order valence-corrected chi connectivity index (χ2v) is 6.04. The molecule has 0 aliphatic carbocycles. The number of fused-ring (bicyclic) bond motifs is 1. The summed E-state index contributed by atoms with van der Waals surface area (Å²) in [6.07, 6.45) is 1.53. The summed E-state index contributed by atoms with van der Waals surface area (Å²) in [7, 11) is 0. The molecule has 0 aliphatic rings. The van der Waals surface area contributed by atoms with Gasteiger partial charge in [0.2, 0.25) is 0 Å². The van der Waals surface area contributed by atoms with Gasteiger partial charge in [0.05, 0.1) is 17.8 Å². The molecule has 0 atom stereocenters. The zero-order valence-electron chi connectivity index (χ0n) is 15.1. The Morgan fingerprint density at radius 2 is 1.75 bits per heavy atom. The highest BCUT2D eigenvalue weighted by Crippen LogP contribution is 2.21. The third kappa shape index (κ3) is 5.17. The molecule has 0 radical (unpaired) electrons. The van der Waals surface area contributed by atoms with Crippen LogP contribution in [0.25, 0.3) is 10.9 Å². The molecule has 0 spiro atoms. The van der Waals surface area contributed by atoms with Crippen LogP contribution < -0.4 is 9.47 Å². The smallest absolute Gasteiger partial charge is 0.174 e. The lowest BCUT2D eigenvalue weighted by molar-refractivity contribution is 0.290. The largest absolute Gasteiger partial charge is 0.493 e. The van der Waals surface area contributed by atoms with Crippen LogP contribution in [0.5, 0.6) is 11.5 Å². The van der Waals surface area contributed by atoms with Gasteiger partial charge in [-0.1, -0.05) is 35.5 Å². The van der Waals surface area contributed by atoms with Gasteiger partial charge in [0, 0.05) is 17.9 Å². The van der Waals surface area contributed by atoms with Crippen molar-refractivity contribution in [3.8, 4) is 11.5 Å². The van der Waals surface area contributed by atoms with Crippen LogP contribution in [-0.2, 0) is 13.0 Å². The van der Waals surface area contributed by atoms with Crippen LogP contribution in [0.4, 0.5) is 0 Å². The number of aromatic nitrogens is 5. The molecule has 4 rings (SSSR count). The lowest BCUT2D eigenvalue weighted by atomic mass is 10.2. The van der Waals surface area contributed by atoms with E-state index in [0.717, 1.165) is 40.9 Å². The molecule has 8 heteroatoms. The van der Waals surface area contributed by atoms with Crippen molar-refractivity contribution >= 4 is 23.3 Å². The number of pyridine rings is 1. The molecule has 7 nitrogen and oxygen atoms in total. The summed E-state index contributed by atoms with van der Waals surface area (Å²) >= 11 is 0. The van der Waals surface area contributed by atoms with Crippen LogP contribution in [0, 0.1) is 0 Å². The molecule has 0 amide bonds. The van der Waals surface area contributed by atoms with Gasteiger partial charge in [0.1, 0.15) is 18.1 Å². The number of para-hydroxylation sites is 1. The number of ether oxygens (including phenoxy) is 2. The van der Waals surface area contributed by atoms with Gasteiger partial charge in [-0.05, 0) is 30.7 Å². The Bertz CT molecular complexity index is 1010.